The Bertz CT molecular complexity index is 781. The predicted molar refractivity (Wildman–Crippen MR) is 100 cm³/mol. The van der Waals surface area contributed by atoms with Crippen LogP contribution in [0.5, 0.6) is 0 Å². The lowest BCUT2D eigenvalue weighted by atomic mass is 10.0. The van der Waals surface area contributed by atoms with Crippen LogP contribution in [-0.2, 0) is 25.5 Å². The van der Waals surface area contributed by atoms with E-state index in [0.717, 1.165) is 0 Å². The van der Waals surface area contributed by atoms with Gasteiger partial charge in [-0.2, -0.15) is 0 Å². The van der Waals surface area contributed by atoms with Gasteiger partial charge in [-0.3, -0.25) is 14.4 Å². The van der Waals surface area contributed by atoms with Crippen LogP contribution in [0.4, 0.5) is 13.2 Å². The Kier molecular flexibility index (Phi) is 8.32. The maximum atomic E-state index is 13.8. The van der Waals surface area contributed by atoms with Crippen molar-refractivity contribution in [2.75, 3.05) is 25.4 Å². The average Bonchev–Trinajstić information content (AvgIpc) is 3.14. The van der Waals surface area contributed by atoms with Crippen molar-refractivity contribution in [1.29, 1.82) is 0 Å². The van der Waals surface area contributed by atoms with Crippen molar-refractivity contribution in [2.45, 2.75) is 31.2 Å². The largest absolute Gasteiger partial charge is 0.465 e. The summed E-state index contributed by atoms with van der Waals surface area (Å²) in [4.78, 5) is 37.5. The van der Waals surface area contributed by atoms with E-state index in [0.29, 0.717) is 24.4 Å². The highest BCUT2D eigenvalue weighted by atomic mass is 32.2. The van der Waals surface area contributed by atoms with E-state index in [4.69, 9.17) is 10.5 Å². The SMILES string of the molecule is CCOC(=O)CNC(=O)C1SCCN1C(=O)CC(N)Cc1cc(F)c(F)cc1F. The van der Waals surface area contributed by atoms with Gasteiger partial charge >= 0.3 is 5.97 Å². The van der Waals surface area contributed by atoms with Gasteiger partial charge in [-0.15, -0.1) is 11.8 Å². The number of nitrogens with one attached hydrogen (secondary N) is 1. The summed E-state index contributed by atoms with van der Waals surface area (Å²) in [5, 5.41) is 1.60. The van der Waals surface area contributed by atoms with Crippen LogP contribution < -0.4 is 11.1 Å². The molecule has 160 valence electrons. The van der Waals surface area contributed by atoms with Crippen LogP contribution in [0.3, 0.4) is 0 Å². The second-order valence-corrected chi connectivity index (χ2v) is 7.55. The van der Waals surface area contributed by atoms with Gasteiger partial charge in [-0.1, -0.05) is 0 Å². The number of nitrogens with two attached hydrogens (primary N) is 1. The molecule has 3 N–H and O–H groups in total. The molecule has 1 aromatic rings. The van der Waals surface area contributed by atoms with E-state index < -0.39 is 46.7 Å². The molecule has 2 unspecified atom stereocenters. The molecule has 0 bridgehead atoms. The number of hydrogen-bond donors (Lipinski definition) is 2. The Morgan fingerprint density at radius 1 is 1.28 bits per heavy atom. The van der Waals surface area contributed by atoms with Crippen LogP contribution >= 0.6 is 11.8 Å². The van der Waals surface area contributed by atoms with Crippen LogP contribution in [0.1, 0.15) is 18.9 Å². The highest BCUT2D eigenvalue weighted by Crippen LogP contribution is 2.25. The molecule has 0 radical (unpaired) electrons. The first kappa shape index (κ1) is 23.0. The smallest absolute Gasteiger partial charge is 0.325 e. The highest BCUT2D eigenvalue weighted by Gasteiger charge is 2.35. The van der Waals surface area contributed by atoms with Crippen molar-refractivity contribution in [3.8, 4) is 0 Å². The molecule has 1 aliphatic rings. The zero-order valence-electron chi connectivity index (χ0n) is 15.8. The highest BCUT2D eigenvalue weighted by molar-refractivity contribution is 8.00. The average molecular weight is 433 g/mol. The van der Waals surface area contributed by atoms with Gasteiger partial charge in [-0.25, -0.2) is 13.2 Å². The number of rotatable bonds is 8. The lowest BCUT2D eigenvalue weighted by Crippen LogP contribution is -2.47. The first-order chi connectivity index (χ1) is 13.7. The van der Waals surface area contributed by atoms with Crippen LogP contribution in [0.25, 0.3) is 0 Å². The summed E-state index contributed by atoms with van der Waals surface area (Å²) >= 11 is 1.24. The Labute approximate surface area is 170 Å². The molecule has 2 amide bonds. The van der Waals surface area contributed by atoms with Gasteiger partial charge in [0.15, 0.2) is 17.0 Å². The summed E-state index contributed by atoms with van der Waals surface area (Å²) in [7, 11) is 0. The minimum absolute atomic E-state index is 0.135. The standard InChI is InChI=1S/C18H22F3N3O4S/c1-2-28-16(26)9-23-17(27)18-24(3-4-29-18)15(25)7-11(22)5-10-6-13(20)14(21)8-12(10)19/h6,8,11,18H,2-5,7,9,22H2,1H3,(H,23,27). The van der Waals surface area contributed by atoms with E-state index in [1.807, 2.05) is 0 Å². The van der Waals surface area contributed by atoms with E-state index in [1.165, 1.54) is 16.7 Å². The number of ether oxygens (including phenoxy) is 1. The number of hydrogen-bond acceptors (Lipinski definition) is 6. The van der Waals surface area contributed by atoms with Crippen molar-refractivity contribution in [1.82, 2.24) is 10.2 Å². The van der Waals surface area contributed by atoms with Gasteiger partial charge in [0.2, 0.25) is 5.91 Å². The van der Waals surface area contributed by atoms with E-state index in [2.05, 4.69) is 5.32 Å². The number of benzene rings is 1. The summed E-state index contributed by atoms with van der Waals surface area (Å²) in [5.41, 5.74) is 5.75. The molecule has 1 heterocycles. The first-order valence-electron chi connectivity index (χ1n) is 8.96. The molecule has 11 heteroatoms. The number of halogens is 3. The molecular weight excluding hydrogens is 411 g/mol. The number of thioether (sulfide) groups is 1. The molecule has 7 nitrogen and oxygen atoms in total. The molecule has 0 saturated carbocycles. The van der Waals surface area contributed by atoms with E-state index in [-0.39, 0.29) is 31.6 Å². The van der Waals surface area contributed by atoms with Crippen molar-refractivity contribution in [3.63, 3.8) is 0 Å². The van der Waals surface area contributed by atoms with Crippen LogP contribution in [0.2, 0.25) is 0 Å². The Morgan fingerprint density at radius 3 is 2.66 bits per heavy atom. The van der Waals surface area contributed by atoms with Crippen LogP contribution in [-0.4, -0.2) is 59.5 Å². The third-order valence-electron chi connectivity index (χ3n) is 4.16. The fourth-order valence-electron chi connectivity index (χ4n) is 2.82. The number of carbonyl (C=O) groups excluding carboxylic acids is 3. The maximum absolute atomic E-state index is 13.8. The van der Waals surface area contributed by atoms with Crippen molar-refractivity contribution < 1.29 is 32.3 Å². The monoisotopic (exact) mass is 433 g/mol. The Morgan fingerprint density at radius 2 is 1.97 bits per heavy atom. The summed E-state index contributed by atoms with van der Waals surface area (Å²) in [6.07, 6.45) is -0.379. The summed E-state index contributed by atoms with van der Waals surface area (Å²) in [6, 6.07) is 0.294. The Balaban J connectivity index is 1.92. The fourth-order valence-corrected chi connectivity index (χ4v) is 3.98. The molecule has 2 rings (SSSR count). The van der Waals surface area contributed by atoms with Gasteiger partial charge in [0, 0.05) is 30.8 Å². The zero-order chi connectivity index (χ0) is 21.6. The number of carbonyl (C=O) groups is 3. The third kappa shape index (κ3) is 6.36. The van der Waals surface area contributed by atoms with Crippen molar-refractivity contribution >= 4 is 29.5 Å². The Hall–Kier alpha value is -2.27. The lowest BCUT2D eigenvalue weighted by molar-refractivity contribution is -0.144. The fraction of sp³-hybridized carbons (Fsp3) is 0.500. The molecular formula is C18H22F3N3O4S. The lowest BCUT2D eigenvalue weighted by Gasteiger charge is -2.24. The van der Waals surface area contributed by atoms with Gasteiger partial charge < -0.3 is 20.7 Å². The predicted octanol–water partition coefficient (Wildman–Crippen LogP) is 0.945. The van der Waals surface area contributed by atoms with Crippen LogP contribution in [0, 0.1) is 17.5 Å². The van der Waals surface area contributed by atoms with Crippen molar-refractivity contribution in [3.05, 3.63) is 35.1 Å². The third-order valence-corrected chi connectivity index (χ3v) is 5.36. The second kappa shape index (κ2) is 10.5. The van der Waals surface area contributed by atoms with Crippen molar-refractivity contribution in [2.24, 2.45) is 5.73 Å². The van der Waals surface area contributed by atoms with Crippen LogP contribution in [0.15, 0.2) is 12.1 Å². The zero-order valence-corrected chi connectivity index (χ0v) is 16.6. The maximum Gasteiger partial charge on any atom is 0.325 e. The van der Waals surface area contributed by atoms with E-state index in [9.17, 15) is 27.6 Å². The molecule has 0 aromatic heterocycles. The summed E-state index contributed by atoms with van der Waals surface area (Å²) in [6.45, 7) is 1.84. The minimum Gasteiger partial charge on any atom is -0.465 e. The molecule has 29 heavy (non-hydrogen) atoms. The number of amides is 2. The van der Waals surface area contributed by atoms with E-state index in [1.54, 1.807) is 6.92 Å². The minimum atomic E-state index is -1.30. The quantitative estimate of drug-likeness (QED) is 0.468. The van der Waals surface area contributed by atoms with Gasteiger partial charge in [0.25, 0.3) is 5.91 Å². The van der Waals surface area contributed by atoms with E-state index >= 15 is 0 Å². The molecule has 1 saturated heterocycles. The molecule has 1 fully saturated rings. The molecule has 1 aromatic carbocycles. The topological polar surface area (TPSA) is 102 Å². The summed E-state index contributed by atoms with van der Waals surface area (Å²) < 4.78 is 44.8. The molecule has 1 aliphatic heterocycles. The number of nitrogens with zero attached hydrogens (tertiary/aromatic N) is 1. The summed E-state index contributed by atoms with van der Waals surface area (Å²) in [5.74, 6) is -4.44. The second-order valence-electron chi connectivity index (χ2n) is 6.36. The normalized spacial score (nSPS) is 17.1. The van der Waals surface area contributed by atoms with Gasteiger partial charge in [0.1, 0.15) is 12.4 Å². The molecule has 0 aliphatic carbocycles. The first-order valence-corrected chi connectivity index (χ1v) is 10.0. The van der Waals surface area contributed by atoms with Gasteiger partial charge in [-0.05, 0) is 25.0 Å². The van der Waals surface area contributed by atoms with Gasteiger partial charge in [0.05, 0.1) is 6.61 Å². The molecule has 2 atom stereocenters. The molecule has 0 spiro atoms. The number of esters is 1.